The topological polar surface area (TPSA) is 96.7 Å². The van der Waals surface area contributed by atoms with E-state index in [0.717, 1.165) is 5.69 Å². The Kier molecular flexibility index (Phi) is 8.42. The van der Waals surface area contributed by atoms with E-state index in [4.69, 9.17) is 30.5 Å². The van der Waals surface area contributed by atoms with Gasteiger partial charge in [0.1, 0.15) is 5.75 Å². The van der Waals surface area contributed by atoms with Crippen LogP contribution in [-0.2, 0) is 4.79 Å². The van der Waals surface area contributed by atoms with Crippen LogP contribution in [0.25, 0.3) is 17.1 Å². The number of aromatic nitrogens is 3. The molecule has 192 valence electrons. The van der Waals surface area contributed by atoms with E-state index in [0.29, 0.717) is 50.3 Å². The highest BCUT2D eigenvalue weighted by atomic mass is 35.5. The van der Waals surface area contributed by atoms with Crippen molar-refractivity contribution in [1.29, 1.82) is 0 Å². The van der Waals surface area contributed by atoms with Gasteiger partial charge in [0.15, 0.2) is 22.5 Å². The van der Waals surface area contributed by atoms with Crippen molar-refractivity contribution >= 4 is 35.0 Å². The number of nitrogens with zero attached hydrogens (tertiary/aromatic N) is 3. The minimum atomic E-state index is -0.248. The zero-order valence-corrected chi connectivity index (χ0v) is 22.2. The first-order valence-electron chi connectivity index (χ1n) is 11.1. The third kappa shape index (κ3) is 5.76. The van der Waals surface area contributed by atoms with Gasteiger partial charge in [0.2, 0.25) is 11.7 Å². The maximum absolute atomic E-state index is 12.8. The van der Waals surface area contributed by atoms with Gasteiger partial charge in [-0.2, -0.15) is 0 Å². The number of amides is 1. The fourth-order valence-corrected chi connectivity index (χ4v) is 4.59. The first kappa shape index (κ1) is 26.2. The molecule has 9 nitrogen and oxygen atoms in total. The van der Waals surface area contributed by atoms with Gasteiger partial charge in [-0.1, -0.05) is 41.6 Å². The lowest BCUT2D eigenvalue weighted by Crippen LogP contribution is -2.15. The average molecular weight is 541 g/mol. The number of anilines is 1. The van der Waals surface area contributed by atoms with E-state index in [-0.39, 0.29) is 11.7 Å². The lowest BCUT2D eigenvalue weighted by atomic mass is 10.1. The van der Waals surface area contributed by atoms with E-state index >= 15 is 0 Å². The van der Waals surface area contributed by atoms with E-state index in [1.807, 2.05) is 34.9 Å². The Hall–Kier alpha value is -3.89. The number of carbonyl (C=O) groups is 1. The number of hydrogen-bond acceptors (Lipinski definition) is 8. The van der Waals surface area contributed by atoms with E-state index in [1.165, 1.54) is 18.9 Å². The van der Waals surface area contributed by atoms with Gasteiger partial charge in [0.05, 0.1) is 39.9 Å². The molecule has 0 saturated carbocycles. The van der Waals surface area contributed by atoms with Crippen molar-refractivity contribution in [2.24, 2.45) is 0 Å². The van der Waals surface area contributed by atoms with E-state index in [9.17, 15) is 4.79 Å². The monoisotopic (exact) mass is 540 g/mol. The number of halogens is 1. The number of rotatable bonds is 10. The number of thioether (sulfide) groups is 1. The fraction of sp³-hybridized carbons (Fsp3) is 0.192. The molecule has 11 heteroatoms. The number of methoxy groups -OCH3 is 4. The minimum absolute atomic E-state index is 0.0793. The number of nitrogens with one attached hydrogen (secondary N) is 1. The van der Waals surface area contributed by atoms with Crippen LogP contribution in [0.15, 0.2) is 65.8 Å². The summed E-state index contributed by atoms with van der Waals surface area (Å²) in [5.41, 5.74) is 2.02. The molecule has 1 heterocycles. The third-order valence-corrected chi connectivity index (χ3v) is 6.50. The molecule has 0 aliphatic heterocycles. The molecule has 0 saturated heterocycles. The van der Waals surface area contributed by atoms with Gasteiger partial charge in [-0.05, 0) is 42.5 Å². The standard InChI is InChI=1S/C26H25ClN4O5S/c1-33-20-11-10-17(27)14-19(20)28-23(32)15-37-26-30-29-25(31(26)18-8-6-5-7-9-18)16-12-21(34-2)24(36-4)22(13-16)35-3/h5-14H,15H2,1-4H3,(H,28,32). The van der Waals surface area contributed by atoms with Crippen molar-refractivity contribution in [3.8, 4) is 40.1 Å². The van der Waals surface area contributed by atoms with Gasteiger partial charge in [-0.25, -0.2) is 0 Å². The molecule has 1 N–H and O–H groups in total. The number of carbonyl (C=O) groups excluding carboxylic acids is 1. The Labute approximate surface area is 223 Å². The molecule has 0 spiro atoms. The van der Waals surface area contributed by atoms with Crippen molar-refractivity contribution in [3.63, 3.8) is 0 Å². The summed E-state index contributed by atoms with van der Waals surface area (Å²) in [5.74, 6) is 2.34. The van der Waals surface area contributed by atoms with Crippen LogP contribution in [0.1, 0.15) is 0 Å². The average Bonchev–Trinajstić information content (AvgIpc) is 3.35. The Morgan fingerprint density at radius 2 is 1.57 bits per heavy atom. The van der Waals surface area contributed by atoms with Crippen LogP contribution in [0.4, 0.5) is 5.69 Å². The fourth-order valence-electron chi connectivity index (χ4n) is 3.66. The SMILES string of the molecule is COc1ccc(Cl)cc1NC(=O)CSc1nnc(-c2cc(OC)c(OC)c(OC)c2)n1-c1ccccc1. The molecular formula is C26H25ClN4O5S. The Morgan fingerprint density at radius 3 is 2.19 bits per heavy atom. The first-order chi connectivity index (χ1) is 18.0. The second-order valence-electron chi connectivity index (χ2n) is 7.57. The predicted octanol–water partition coefficient (Wildman–Crippen LogP) is 5.35. The second-order valence-corrected chi connectivity index (χ2v) is 8.95. The lowest BCUT2D eigenvalue weighted by molar-refractivity contribution is -0.113. The summed E-state index contributed by atoms with van der Waals surface area (Å²) in [7, 11) is 6.18. The number of hydrogen-bond donors (Lipinski definition) is 1. The molecule has 0 bridgehead atoms. The smallest absolute Gasteiger partial charge is 0.234 e. The van der Waals surface area contributed by atoms with Gasteiger partial charge in [-0.15, -0.1) is 10.2 Å². The molecule has 0 atom stereocenters. The number of ether oxygens (including phenoxy) is 4. The van der Waals surface area contributed by atoms with Gasteiger partial charge < -0.3 is 24.3 Å². The summed E-state index contributed by atoms with van der Waals surface area (Å²) >= 11 is 7.33. The minimum Gasteiger partial charge on any atom is -0.495 e. The van der Waals surface area contributed by atoms with Crippen molar-refractivity contribution in [2.75, 3.05) is 39.5 Å². The van der Waals surface area contributed by atoms with Gasteiger partial charge in [0, 0.05) is 16.3 Å². The Balaban J connectivity index is 1.67. The van der Waals surface area contributed by atoms with E-state index < -0.39 is 0 Å². The maximum Gasteiger partial charge on any atom is 0.234 e. The van der Waals surface area contributed by atoms with Crippen molar-refractivity contribution in [3.05, 3.63) is 65.7 Å². The Bertz CT molecular complexity index is 1370. The molecule has 0 aliphatic rings. The maximum atomic E-state index is 12.8. The van der Waals surface area contributed by atoms with E-state index in [2.05, 4.69) is 15.5 Å². The zero-order valence-electron chi connectivity index (χ0n) is 20.6. The van der Waals surface area contributed by atoms with Crippen LogP contribution in [0.2, 0.25) is 5.02 Å². The largest absolute Gasteiger partial charge is 0.495 e. The van der Waals surface area contributed by atoms with Gasteiger partial charge in [-0.3, -0.25) is 9.36 Å². The summed E-state index contributed by atoms with van der Waals surface area (Å²) in [4.78, 5) is 12.8. The van der Waals surface area contributed by atoms with Crippen LogP contribution >= 0.6 is 23.4 Å². The Morgan fingerprint density at radius 1 is 0.892 bits per heavy atom. The normalized spacial score (nSPS) is 10.6. The highest BCUT2D eigenvalue weighted by Gasteiger charge is 2.21. The van der Waals surface area contributed by atoms with E-state index in [1.54, 1.807) is 51.7 Å². The number of para-hydroxylation sites is 1. The molecule has 0 radical (unpaired) electrons. The molecular weight excluding hydrogens is 516 g/mol. The molecule has 4 rings (SSSR count). The second kappa shape index (κ2) is 11.9. The summed E-state index contributed by atoms with van der Waals surface area (Å²) in [5, 5.41) is 12.7. The zero-order chi connectivity index (χ0) is 26.4. The highest BCUT2D eigenvalue weighted by Crippen LogP contribution is 2.41. The molecule has 3 aromatic carbocycles. The molecule has 0 aliphatic carbocycles. The summed E-state index contributed by atoms with van der Waals surface area (Å²) in [6.45, 7) is 0. The molecule has 0 fully saturated rings. The van der Waals surface area contributed by atoms with Crippen LogP contribution in [-0.4, -0.2) is 54.9 Å². The quantitative estimate of drug-likeness (QED) is 0.269. The summed E-state index contributed by atoms with van der Waals surface area (Å²) in [6, 6.07) is 18.3. The van der Waals surface area contributed by atoms with Crippen molar-refractivity contribution < 1.29 is 23.7 Å². The molecule has 0 unspecified atom stereocenters. The van der Waals surface area contributed by atoms with Crippen molar-refractivity contribution in [1.82, 2.24) is 14.8 Å². The first-order valence-corrected chi connectivity index (χ1v) is 12.4. The molecule has 37 heavy (non-hydrogen) atoms. The molecule has 4 aromatic rings. The third-order valence-electron chi connectivity index (χ3n) is 5.34. The summed E-state index contributed by atoms with van der Waals surface area (Å²) < 4.78 is 23.7. The van der Waals surface area contributed by atoms with Crippen LogP contribution < -0.4 is 24.3 Å². The summed E-state index contributed by atoms with van der Waals surface area (Å²) in [6.07, 6.45) is 0. The highest BCUT2D eigenvalue weighted by molar-refractivity contribution is 7.99. The lowest BCUT2D eigenvalue weighted by Gasteiger charge is -2.15. The van der Waals surface area contributed by atoms with Crippen molar-refractivity contribution in [2.45, 2.75) is 5.16 Å². The number of benzene rings is 3. The van der Waals surface area contributed by atoms with Crippen LogP contribution in [0.3, 0.4) is 0 Å². The molecule has 1 amide bonds. The van der Waals surface area contributed by atoms with Crippen LogP contribution in [0.5, 0.6) is 23.0 Å². The predicted molar refractivity (Wildman–Crippen MR) is 144 cm³/mol. The van der Waals surface area contributed by atoms with Gasteiger partial charge in [0.25, 0.3) is 0 Å². The van der Waals surface area contributed by atoms with Gasteiger partial charge >= 0.3 is 0 Å². The van der Waals surface area contributed by atoms with Crippen LogP contribution in [0, 0.1) is 0 Å². The molecule has 1 aromatic heterocycles.